The summed E-state index contributed by atoms with van der Waals surface area (Å²) in [6.45, 7) is 0. The molecule has 0 saturated carbocycles. The maximum Gasteiger partial charge on any atom is 0 e. The molecule has 0 atom stereocenters. The number of rotatable bonds is 0. The molecule has 7 heavy (non-hydrogen) atoms. The predicted molar refractivity (Wildman–Crippen MR) is 22.0 cm³/mol. The first-order valence-corrected chi connectivity index (χ1v) is 1.67. The molecule has 32 valence electrons. The van der Waals surface area contributed by atoms with Crippen molar-refractivity contribution in [2.24, 2.45) is 0 Å². The van der Waals surface area contributed by atoms with E-state index in [4.69, 9.17) is 0 Å². The number of hydrogen-bond donors (Lipinski definition) is 0. The van der Waals surface area contributed by atoms with E-state index in [1.165, 1.54) is 0 Å². The Kier molecular flexibility index (Phi) is 12.3. The summed E-state index contributed by atoms with van der Waals surface area (Å²) in [5.41, 5.74) is 0. The van der Waals surface area contributed by atoms with Gasteiger partial charge in [0.15, 0.2) is 0 Å². The Bertz CT molecular complexity index is 62.6. The molecule has 1 aromatic carbocycles. The van der Waals surface area contributed by atoms with E-state index in [0.717, 1.165) is 0 Å². The van der Waals surface area contributed by atoms with E-state index in [9.17, 15) is 0 Å². The van der Waals surface area contributed by atoms with Crippen LogP contribution in [-0.2, 0) is 65.4 Å². The molecule has 0 unspecified atom stereocenters. The molecule has 0 aliphatic heterocycles. The maximum absolute atomic E-state index is 2.00. The van der Waals surface area contributed by atoms with Gasteiger partial charge in [0.1, 0.15) is 0 Å². The number of hydrogen-bond acceptors (Lipinski definition) is 0. The molecule has 0 fully saturated rings. The minimum Gasteiger partial charge on any atom is -0.214 e. The maximum atomic E-state index is 2.00. The van der Waals surface area contributed by atoms with Gasteiger partial charge in [-0.1, -0.05) is 0 Å². The summed E-state index contributed by atoms with van der Waals surface area (Å²) in [4.78, 5) is 0. The van der Waals surface area contributed by atoms with Crippen LogP contribution in [0.25, 0.3) is 0 Å². The molecule has 0 aliphatic carbocycles. The largest absolute Gasteiger partial charge is 0.214 e. The SMILES string of the molecule is [Y].[Y].c1cc[cH-]c1. The van der Waals surface area contributed by atoms with Crippen LogP contribution < -0.4 is 0 Å². The molecule has 1 rings (SSSR count). The summed E-state index contributed by atoms with van der Waals surface area (Å²) in [5.74, 6) is 0. The van der Waals surface area contributed by atoms with Crippen molar-refractivity contribution >= 4 is 0 Å². The topological polar surface area (TPSA) is 0 Å². The summed E-state index contributed by atoms with van der Waals surface area (Å²) in [6, 6.07) is 10.0. The average Bonchev–Trinajstić information content (AvgIpc) is 1.76. The minimum atomic E-state index is 0. The predicted octanol–water partition coefficient (Wildman–Crippen LogP) is 1.40. The van der Waals surface area contributed by atoms with Crippen LogP contribution in [0.4, 0.5) is 0 Å². The zero-order valence-corrected chi connectivity index (χ0v) is 9.72. The third-order valence-electron chi connectivity index (χ3n) is 0.556. The van der Waals surface area contributed by atoms with Crippen molar-refractivity contribution in [3.63, 3.8) is 0 Å². The monoisotopic (exact) mass is 243 g/mol. The fraction of sp³-hybridized carbons (Fsp3) is 0. The Labute approximate surface area is 94.2 Å². The second-order valence-corrected chi connectivity index (χ2v) is 0.962. The van der Waals surface area contributed by atoms with Crippen LogP contribution in [0, 0.1) is 0 Å². The van der Waals surface area contributed by atoms with Crippen LogP contribution in [0.15, 0.2) is 30.3 Å². The van der Waals surface area contributed by atoms with Gasteiger partial charge in [-0.3, -0.25) is 0 Å². The Morgan fingerprint density at radius 1 is 0.857 bits per heavy atom. The fourth-order valence-electron chi connectivity index (χ4n) is 0.321. The van der Waals surface area contributed by atoms with Crippen LogP contribution >= 0.6 is 0 Å². The van der Waals surface area contributed by atoms with Crippen molar-refractivity contribution in [2.45, 2.75) is 0 Å². The molecular weight excluding hydrogens is 238 g/mol. The molecule has 2 radical (unpaired) electrons. The van der Waals surface area contributed by atoms with Gasteiger partial charge in [0.2, 0.25) is 0 Å². The first kappa shape index (κ1) is 11.4. The minimum absolute atomic E-state index is 0. The normalized spacial score (nSPS) is 5.71. The van der Waals surface area contributed by atoms with Gasteiger partial charge in [-0.25, -0.2) is 12.1 Å². The average molecular weight is 243 g/mol. The Morgan fingerprint density at radius 3 is 1.43 bits per heavy atom. The zero-order valence-electron chi connectivity index (χ0n) is 4.04. The van der Waals surface area contributed by atoms with Gasteiger partial charge in [-0.15, -0.1) is 0 Å². The third kappa shape index (κ3) is 5.43. The van der Waals surface area contributed by atoms with Crippen LogP contribution in [0.2, 0.25) is 0 Å². The fourth-order valence-corrected chi connectivity index (χ4v) is 0.321. The quantitative estimate of drug-likeness (QED) is 0.604. The van der Waals surface area contributed by atoms with E-state index in [1.807, 2.05) is 30.3 Å². The molecule has 0 spiro atoms. The molecule has 2 heteroatoms. The van der Waals surface area contributed by atoms with E-state index in [0.29, 0.717) is 0 Å². The first-order chi connectivity index (χ1) is 2.50. The van der Waals surface area contributed by atoms with Gasteiger partial charge < -0.3 is 0 Å². The molecule has 0 nitrogen and oxygen atoms in total. The van der Waals surface area contributed by atoms with Crippen molar-refractivity contribution in [1.29, 1.82) is 0 Å². The Hall–Kier alpha value is 1.56. The van der Waals surface area contributed by atoms with E-state index in [1.54, 1.807) is 0 Å². The Morgan fingerprint density at radius 2 is 1.29 bits per heavy atom. The molecule has 0 amide bonds. The summed E-state index contributed by atoms with van der Waals surface area (Å²) in [6.07, 6.45) is 0. The van der Waals surface area contributed by atoms with Crippen molar-refractivity contribution in [2.75, 3.05) is 0 Å². The van der Waals surface area contributed by atoms with Gasteiger partial charge in [-0.05, 0) is 0 Å². The van der Waals surface area contributed by atoms with E-state index in [-0.39, 0.29) is 65.4 Å². The second-order valence-electron chi connectivity index (χ2n) is 0.962. The van der Waals surface area contributed by atoms with E-state index < -0.39 is 0 Å². The summed E-state index contributed by atoms with van der Waals surface area (Å²) >= 11 is 0. The molecule has 1 aromatic rings. The smallest absolute Gasteiger partial charge is 0 e. The van der Waals surface area contributed by atoms with Gasteiger partial charge in [-0.2, -0.15) is 18.2 Å². The van der Waals surface area contributed by atoms with Crippen LogP contribution in [0.1, 0.15) is 0 Å². The zero-order chi connectivity index (χ0) is 3.54. The molecule has 0 aliphatic rings. The summed E-state index contributed by atoms with van der Waals surface area (Å²) < 4.78 is 0. The third-order valence-corrected chi connectivity index (χ3v) is 0.556. The van der Waals surface area contributed by atoms with Crippen LogP contribution in [0.3, 0.4) is 0 Å². The second kappa shape index (κ2) is 7.56. The van der Waals surface area contributed by atoms with Crippen molar-refractivity contribution < 1.29 is 65.4 Å². The van der Waals surface area contributed by atoms with E-state index >= 15 is 0 Å². The molecule has 0 saturated heterocycles. The molecular formula is C5H5Y2-. The Balaban J connectivity index is 0. The standard InChI is InChI=1S/C5H5.2Y/c1-2-4-5-3-1;;/h1-5H;;/q-1;;. The van der Waals surface area contributed by atoms with Gasteiger partial charge in [0.05, 0.1) is 0 Å². The molecule has 0 N–H and O–H groups in total. The van der Waals surface area contributed by atoms with Crippen molar-refractivity contribution in [1.82, 2.24) is 0 Å². The molecule has 0 aromatic heterocycles. The van der Waals surface area contributed by atoms with Crippen LogP contribution in [0.5, 0.6) is 0 Å². The van der Waals surface area contributed by atoms with Gasteiger partial charge in [0, 0.05) is 65.4 Å². The van der Waals surface area contributed by atoms with E-state index in [2.05, 4.69) is 0 Å². The first-order valence-electron chi connectivity index (χ1n) is 1.67. The van der Waals surface area contributed by atoms with Crippen molar-refractivity contribution in [3.8, 4) is 0 Å². The molecule has 0 bridgehead atoms. The van der Waals surface area contributed by atoms with Crippen LogP contribution in [-0.4, -0.2) is 0 Å². The van der Waals surface area contributed by atoms with Gasteiger partial charge in [0.25, 0.3) is 0 Å². The van der Waals surface area contributed by atoms with Gasteiger partial charge >= 0.3 is 0 Å². The summed E-state index contributed by atoms with van der Waals surface area (Å²) in [5, 5.41) is 0. The molecule has 0 heterocycles. The van der Waals surface area contributed by atoms with Crippen molar-refractivity contribution in [3.05, 3.63) is 30.3 Å². The summed E-state index contributed by atoms with van der Waals surface area (Å²) in [7, 11) is 0.